The lowest BCUT2D eigenvalue weighted by molar-refractivity contribution is 0.275. The molecule has 0 aromatic carbocycles. The number of likely N-dealkylation sites (tertiary alicyclic amines) is 1. The van der Waals surface area contributed by atoms with Crippen LogP contribution in [0, 0.1) is 11.8 Å². The molecule has 2 N–H and O–H groups in total. The molecule has 0 spiro atoms. The fraction of sp³-hybridized carbons (Fsp3) is 0.941. The fourth-order valence-electron chi connectivity index (χ4n) is 3.86. The quantitative estimate of drug-likeness (QED) is 0.395. The van der Waals surface area contributed by atoms with Crippen molar-refractivity contribution in [3.05, 3.63) is 0 Å². The van der Waals surface area contributed by atoms with E-state index in [1.54, 1.807) is 0 Å². The van der Waals surface area contributed by atoms with Crippen molar-refractivity contribution in [3.63, 3.8) is 0 Å². The third-order valence-electron chi connectivity index (χ3n) is 5.37. The first-order chi connectivity index (χ1) is 10.3. The predicted molar refractivity (Wildman–Crippen MR) is 104 cm³/mol. The lowest BCUT2D eigenvalue weighted by atomic mass is 10.1. The molecule has 0 radical (unpaired) electrons. The molecule has 128 valence electrons. The topological polar surface area (TPSA) is 39.7 Å². The molecule has 0 bridgehead atoms. The summed E-state index contributed by atoms with van der Waals surface area (Å²) in [5, 5.41) is 7.09. The van der Waals surface area contributed by atoms with Crippen molar-refractivity contribution >= 4 is 29.9 Å². The van der Waals surface area contributed by atoms with Crippen molar-refractivity contribution in [3.8, 4) is 0 Å². The molecule has 1 saturated heterocycles. The molecule has 1 heterocycles. The number of aliphatic imine (C=N–C) groups is 1. The number of halogens is 1. The predicted octanol–water partition coefficient (Wildman–Crippen LogP) is 2.83. The van der Waals surface area contributed by atoms with Gasteiger partial charge in [-0.05, 0) is 37.5 Å². The van der Waals surface area contributed by atoms with Crippen LogP contribution in [0.2, 0.25) is 0 Å². The molecule has 1 atom stereocenters. The summed E-state index contributed by atoms with van der Waals surface area (Å²) in [7, 11) is 1.89. The zero-order valence-electron chi connectivity index (χ0n) is 14.0. The molecule has 2 aliphatic carbocycles. The summed E-state index contributed by atoms with van der Waals surface area (Å²) in [5.41, 5.74) is 0. The Morgan fingerprint density at radius 1 is 1.09 bits per heavy atom. The Kier molecular flexibility index (Phi) is 7.74. The first kappa shape index (κ1) is 18.3. The van der Waals surface area contributed by atoms with Crippen LogP contribution >= 0.6 is 24.0 Å². The van der Waals surface area contributed by atoms with Crippen LogP contribution in [0.15, 0.2) is 4.99 Å². The van der Waals surface area contributed by atoms with Crippen molar-refractivity contribution in [2.75, 3.05) is 33.2 Å². The lowest BCUT2D eigenvalue weighted by Crippen LogP contribution is -2.45. The number of hydrogen-bond donors (Lipinski definition) is 2. The Morgan fingerprint density at radius 3 is 2.55 bits per heavy atom. The molecule has 1 aliphatic heterocycles. The van der Waals surface area contributed by atoms with Crippen LogP contribution in [0.5, 0.6) is 0 Å². The number of guanidine groups is 1. The van der Waals surface area contributed by atoms with Gasteiger partial charge in [-0.15, -0.1) is 24.0 Å². The maximum Gasteiger partial charge on any atom is 0.191 e. The Balaban J connectivity index is 0.00000176. The smallest absolute Gasteiger partial charge is 0.191 e. The second kappa shape index (κ2) is 9.30. The maximum atomic E-state index is 4.37. The summed E-state index contributed by atoms with van der Waals surface area (Å²) in [6, 6.07) is 0.582. The standard InChI is InChI=1S/C17H32N4.HI/c1-18-17(19-10-8-14-6-7-14)20-16-9-11-21(13-16)12-15-4-2-3-5-15;/h14-16H,2-13H2,1H3,(H2,18,19,20);1H. The van der Waals surface area contributed by atoms with E-state index in [2.05, 4.69) is 20.5 Å². The second-order valence-electron chi connectivity index (χ2n) is 7.27. The molecule has 0 aromatic heterocycles. The van der Waals surface area contributed by atoms with Crippen LogP contribution in [0.3, 0.4) is 0 Å². The van der Waals surface area contributed by atoms with Gasteiger partial charge in [0.1, 0.15) is 0 Å². The summed E-state index contributed by atoms with van der Waals surface area (Å²) in [5.74, 6) is 2.96. The van der Waals surface area contributed by atoms with Crippen LogP contribution in [0.1, 0.15) is 51.4 Å². The summed E-state index contributed by atoms with van der Waals surface area (Å²) in [4.78, 5) is 7.03. The number of nitrogens with zero attached hydrogens (tertiary/aromatic N) is 2. The third kappa shape index (κ3) is 5.87. The van der Waals surface area contributed by atoms with Crippen LogP contribution in [0.4, 0.5) is 0 Å². The van der Waals surface area contributed by atoms with Gasteiger partial charge in [-0.2, -0.15) is 0 Å². The van der Waals surface area contributed by atoms with Crippen LogP contribution in [0.25, 0.3) is 0 Å². The normalized spacial score (nSPS) is 27.0. The second-order valence-corrected chi connectivity index (χ2v) is 7.27. The van der Waals surface area contributed by atoms with Crippen molar-refractivity contribution in [1.29, 1.82) is 0 Å². The van der Waals surface area contributed by atoms with Gasteiger partial charge in [-0.1, -0.05) is 25.7 Å². The Bertz CT molecular complexity index is 351. The van der Waals surface area contributed by atoms with E-state index in [-0.39, 0.29) is 24.0 Å². The largest absolute Gasteiger partial charge is 0.356 e. The molecule has 5 heteroatoms. The molecule has 3 aliphatic rings. The number of hydrogen-bond acceptors (Lipinski definition) is 2. The molecule has 2 saturated carbocycles. The van der Waals surface area contributed by atoms with Gasteiger partial charge in [0, 0.05) is 39.3 Å². The van der Waals surface area contributed by atoms with Crippen LogP contribution < -0.4 is 10.6 Å². The average molecular weight is 420 g/mol. The third-order valence-corrected chi connectivity index (χ3v) is 5.37. The minimum atomic E-state index is 0. The van der Waals surface area contributed by atoms with Gasteiger partial charge in [-0.25, -0.2) is 0 Å². The molecular formula is C17H33IN4. The van der Waals surface area contributed by atoms with E-state index >= 15 is 0 Å². The molecule has 3 rings (SSSR count). The van der Waals surface area contributed by atoms with Crippen molar-refractivity contribution in [2.24, 2.45) is 16.8 Å². The highest BCUT2D eigenvalue weighted by atomic mass is 127. The van der Waals surface area contributed by atoms with Gasteiger partial charge >= 0.3 is 0 Å². The highest BCUT2D eigenvalue weighted by Gasteiger charge is 2.26. The fourth-order valence-corrected chi connectivity index (χ4v) is 3.86. The van der Waals surface area contributed by atoms with Gasteiger partial charge in [0.05, 0.1) is 0 Å². The van der Waals surface area contributed by atoms with Crippen molar-refractivity contribution in [1.82, 2.24) is 15.5 Å². The lowest BCUT2D eigenvalue weighted by Gasteiger charge is -2.21. The van der Waals surface area contributed by atoms with E-state index in [9.17, 15) is 0 Å². The SMILES string of the molecule is CN=C(NCCC1CC1)NC1CCN(CC2CCCC2)C1.I. The molecule has 22 heavy (non-hydrogen) atoms. The van der Waals surface area contributed by atoms with E-state index in [0.717, 1.165) is 24.3 Å². The first-order valence-corrected chi connectivity index (χ1v) is 9.03. The average Bonchev–Trinajstić information content (AvgIpc) is 2.98. The Labute approximate surface area is 152 Å². The zero-order valence-corrected chi connectivity index (χ0v) is 16.4. The number of nitrogens with one attached hydrogen (secondary N) is 2. The van der Waals surface area contributed by atoms with Crippen molar-refractivity contribution in [2.45, 2.75) is 57.4 Å². The molecule has 3 fully saturated rings. The molecule has 0 aromatic rings. The van der Waals surface area contributed by atoms with E-state index in [1.165, 1.54) is 71.0 Å². The summed E-state index contributed by atoms with van der Waals surface area (Å²) >= 11 is 0. The molecule has 1 unspecified atom stereocenters. The van der Waals surface area contributed by atoms with E-state index in [4.69, 9.17) is 0 Å². The number of rotatable bonds is 6. The van der Waals surface area contributed by atoms with E-state index < -0.39 is 0 Å². The first-order valence-electron chi connectivity index (χ1n) is 9.03. The van der Waals surface area contributed by atoms with Crippen molar-refractivity contribution < 1.29 is 0 Å². The van der Waals surface area contributed by atoms with Gasteiger partial charge in [0.15, 0.2) is 5.96 Å². The Morgan fingerprint density at radius 2 is 1.86 bits per heavy atom. The monoisotopic (exact) mass is 420 g/mol. The van der Waals surface area contributed by atoms with E-state index in [0.29, 0.717) is 6.04 Å². The summed E-state index contributed by atoms with van der Waals surface area (Å²) in [6.45, 7) is 4.85. The minimum absolute atomic E-state index is 0. The van der Waals surface area contributed by atoms with Gasteiger partial charge in [0.2, 0.25) is 0 Å². The molecular weight excluding hydrogens is 387 g/mol. The van der Waals surface area contributed by atoms with Crippen LogP contribution in [-0.2, 0) is 0 Å². The Hall–Kier alpha value is -0.0400. The van der Waals surface area contributed by atoms with Gasteiger partial charge in [0.25, 0.3) is 0 Å². The molecule has 4 nitrogen and oxygen atoms in total. The minimum Gasteiger partial charge on any atom is -0.356 e. The van der Waals surface area contributed by atoms with E-state index in [1.807, 2.05) is 7.05 Å². The highest BCUT2D eigenvalue weighted by molar-refractivity contribution is 14.0. The maximum absolute atomic E-state index is 4.37. The van der Waals surface area contributed by atoms with Crippen LogP contribution in [-0.4, -0.2) is 50.1 Å². The highest BCUT2D eigenvalue weighted by Crippen LogP contribution is 2.31. The molecule has 0 amide bonds. The van der Waals surface area contributed by atoms with Gasteiger partial charge in [-0.3, -0.25) is 4.99 Å². The zero-order chi connectivity index (χ0) is 14.5. The summed E-state index contributed by atoms with van der Waals surface area (Å²) in [6.07, 6.45) is 11.3. The van der Waals surface area contributed by atoms with Gasteiger partial charge < -0.3 is 15.5 Å². The summed E-state index contributed by atoms with van der Waals surface area (Å²) < 4.78 is 0.